The van der Waals surface area contributed by atoms with Crippen LogP contribution in [0.15, 0.2) is 48.7 Å². The van der Waals surface area contributed by atoms with E-state index in [4.69, 9.17) is 0 Å². The standard InChI is InChI=1S/C23H28N4O/c1-3-20-17(2)27-16-19(11-12-22(27)25-20)23(28)24-15-21(26-13-7-8-14-26)18-9-5-4-6-10-18/h4-6,9-12,16,21H,3,7-8,13-15H2,1-2H3,(H,24,28). The van der Waals surface area contributed by atoms with Crippen molar-refractivity contribution in [2.45, 2.75) is 39.2 Å². The van der Waals surface area contributed by atoms with Crippen molar-refractivity contribution in [1.29, 1.82) is 0 Å². The molecular weight excluding hydrogens is 348 g/mol. The van der Waals surface area contributed by atoms with Crippen molar-refractivity contribution in [1.82, 2.24) is 19.6 Å². The number of hydrogen-bond donors (Lipinski definition) is 1. The Morgan fingerprint density at radius 2 is 1.89 bits per heavy atom. The van der Waals surface area contributed by atoms with E-state index in [1.807, 2.05) is 28.8 Å². The van der Waals surface area contributed by atoms with Gasteiger partial charge in [0, 0.05) is 18.4 Å². The summed E-state index contributed by atoms with van der Waals surface area (Å²) in [4.78, 5) is 20.0. The average molecular weight is 377 g/mol. The number of fused-ring (bicyclic) bond motifs is 1. The third-order valence-corrected chi connectivity index (χ3v) is 5.77. The molecule has 146 valence electrons. The number of carbonyl (C=O) groups excluding carboxylic acids is 1. The second-order valence-corrected chi connectivity index (χ2v) is 7.52. The van der Waals surface area contributed by atoms with E-state index in [2.05, 4.69) is 53.3 Å². The lowest BCUT2D eigenvalue weighted by Crippen LogP contribution is -2.36. The molecule has 1 aliphatic rings. The van der Waals surface area contributed by atoms with Crippen molar-refractivity contribution in [2.75, 3.05) is 19.6 Å². The number of pyridine rings is 1. The van der Waals surface area contributed by atoms with Crippen molar-refractivity contribution in [3.8, 4) is 0 Å². The number of carbonyl (C=O) groups is 1. The first kappa shape index (κ1) is 18.7. The van der Waals surface area contributed by atoms with Crippen LogP contribution in [0.2, 0.25) is 0 Å². The Morgan fingerprint density at radius 3 is 2.61 bits per heavy atom. The van der Waals surface area contributed by atoms with Crippen LogP contribution in [0.5, 0.6) is 0 Å². The fourth-order valence-electron chi connectivity index (χ4n) is 4.16. The number of likely N-dealkylation sites (tertiary alicyclic amines) is 1. The van der Waals surface area contributed by atoms with Crippen LogP contribution in [-0.2, 0) is 6.42 Å². The second-order valence-electron chi connectivity index (χ2n) is 7.52. The third-order valence-electron chi connectivity index (χ3n) is 5.77. The van der Waals surface area contributed by atoms with Gasteiger partial charge in [0.1, 0.15) is 5.65 Å². The molecule has 1 saturated heterocycles. The predicted octanol–water partition coefficient (Wildman–Crippen LogP) is 3.77. The summed E-state index contributed by atoms with van der Waals surface area (Å²) in [5.74, 6) is -0.0341. The van der Waals surface area contributed by atoms with Gasteiger partial charge in [-0.2, -0.15) is 0 Å². The topological polar surface area (TPSA) is 49.6 Å². The summed E-state index contributed by atoms with van der Waals surface area (Å²) in [5.41, 5.74) is 5.01. The maximum atomic E-state index is 12.9. The van der Waals surface area contributed by atoms with E-state index in [-0.39, 0.29) is 11.9 Å². The number of aromatic nitrogens is 2. The van der Waals surface area contributed by atoms with E-state index < -0.39 is 0 Å². The molecule has 0 bridgehead atoms. The zero-order valence-electron chi connectivity index (χ0n) is 16.7. The van der Waals surface area contributed by atoms with E-state index in [0.717, 1.165) is 36.5 Å². The number of hydrogen-bond acceptors (Lipinski definition) is 3. The lowest BCUT2D eigenvalue weighted by atomic mass is 10.1. The Bertz CT molecular complexity index is 957. The van der Waals surface area contributed by atoms with Gasteiger partial charge in [0.2, 0.25) is 0 Å². The molecule has 0 saturated carbocycles. The lowest BCUT2D eigenvalue weighted by Gasteiger charge is -2.28. The summed E-state index contributed by atoms with van der Waals surface area (Å²) < 4.78 is 2.02. The van der Waals surface area contributed by atoms with Gasteiger partial charge in [0.15, 0.2) is 0 Å². The molecule has 1 unspecified atom stereocenters. The first-order chi connectivity index (χ1) is 13.7. The van der Waals surface area contributed by atoms with Crippen LogP contribution in [0.4, 0.5) is 0 Å². The van der Waals surface area contributed by atoms with Gasteiger partial charge in [-0.15, -0.1) is 0 Å². The lowest BCUT2D eigenvalue weighted by molar-refractivity contribution is 0.0937. The largest absolute Gasteiger partial charge is 0.350 e. The quantitative estimate of drug-likeness (QED) is 0.712. The first-order valence-corrected chi connectivity index (χ1v) is 10.2. The zero-order chi connectivity index (χ0) is 19.5. The summed E-state index contributed by atoms with van der Waals surface area (Å²) >= 11 is 0. The highest BCUT2D eigenvalue weighted by Gasteiger charge is 2.24. The third kappa shape index (κ3) is 3.67. The highest BCUT2D eigenvalue weighted by molar-refractivity contribution is 5.94. The Kier molecular flexibility index (Phi) is 5.44. The molecule has 0 aliphatic carbocycles. The maximum absolute atomic E-state index is 12.9. The van der Waals surface area contributed by atoms with Crippen LogP contribution in [0, 0.1) is 6.92 Å². The number of amides is 1. The smallest absolute Gasteiger partial charge is 0.252 e. The van der Waals surface area contributed by atoms with Crippen LogP contribution in [0.1, 0.15) is 53.1 Å². The highest BCUT2D eigenvalue weighted by atomic mass is 16.1. The van der Waals surface area contributed by atoms with E-state index >= 15 is 0 Å². The summed E-state index contributed by atoms with van der Waals surface area (Å²) in [6, 6.07) is 14.5. The van der Waals surface area contributed by atoms with Gasteiger partial charge in [-0.25, -0.2) is 4.98 Å². The molecule has 3 heterocycles. The molecular formula is C23H28N4O. The molecule has 1 fully saturated rings. The van der Waals surface area contributed by atoms with E-state index in [0.29, 0.717) is 12.1 Å². The molecule has 5 heteroatoms. The van der Waals surface area contributed by atoms with Gasteiger partial charge in [0.25, 0.3) is 5.91 Å². The van der Waals surface area contributed by atoms with E-state index in [1.54, 1.807) is 0 Å². The molecule has 2 aromatic heterocycles. The summed E-state index contributed by atoms with van der Waals surface area (Å²) in [6.07, 6.45) is 5.25. The predicted molar refractivity (Wildman–Crippen MR) is 112 cm³/mol. The van der Waals surface area contributed by atoms with Crippen LogP contribution < -0.4 is 5.32 Å². The molecule has 0 spiro atoms. The Hall–Kier alpha value is -2.66. The molecule has 1 amide bonds. The normalized spacial score (nSPS) is 15.8. The van der Waals surface area contributed by atoms with Crippen LogP contribution in [-0.4, -0.2) is 39.8 Å². The summed E-state index contributed by atoms with van der Waals surface area (Å²) in [7, 11) is 0. The number of imidazole rings is 1. The SMILES string of the molecule is CCc1nc2ccc(C(=O)NCC(c3ccccc3)N3CCCC3)cn2c1C. The van der Waals surface area contributed by atoms with Gasteiger partial charge in [0.05, 0.1) is 17.3 Å². The van der Waals surface area contributed by atoms with Crippen molar-refractivity contribution in [3.05, 3.63) is 71.2 Å². The highest BCUT2D eigenvalue weighted by Crippen LogP contribution is 2.24. The number of nitrogens with one attached hydrogen (secondary N) is 1. The molecule has 1 aliphatic heterocycles. The van der Waals surface area contributed by atoms with Gasteiger partial charge >= 0.3 is 0 Å². The number of rotatable bonds is 6. The number of benzene rings is 1. The minimum atomic E-state index is -0.0341. The molecule has 3 aromatic rings. The number of aryl methyl sites for hydroxylation is 2. The second kappa shape index (κ2) is 8.15. The van der Waals surface area contributed by atoms with Crippen molar-refractivity contribution in [3.63, 3.8) is 0 Å². The molecule has 5 nitrogen and oxygen atoms in total. The zero-order valence-corrected chi connectivity index (χ0v) is 16.7. The van der Waals surface area contributed by atoms with Crippen molar-refractivity contribution >= 4 is 11.6 Å². The van der Waals surface area contributed by atoms with Crippen LogP contribution in [0.25, 0.3) is 5.65 Å². The fourth-order valence-corrected chi connectivity index (χ4v) is 4.16. The minimum Gasteiger partial charge on any atom is -0.350 e. The Labute approximate surface area is 166 Å². The molecule has 1 atom stereocenters. The Morgan fingerprint density at radius 1 is 1.14 bits per heavy atom. The minimum absolute atomic E-state index is 0.0341. The molecule has 0 radical (unpaired) electrons. The van der Waals surface area contributed by atoms with Crippen LogP contribution >= 0.6 is 0 Å². The number of nitrogens with zero attached hydrogens (tertiary/aromatic N) is 3. The average Bonchev–Trinajstić information content (AvgIpc) is 3.37. The van der Waals surface area contributed by atoms with E-state index in [1.165, 1.54) is 18.4 Å². The summed E-state index contributed by atoms with van der Waals surface area (Å²) in [6.45, 7) is 6.96. The monoisotopic (exact) mass is 376 g/mol. The molecule has 4 rings (SSSR count). The first-order valence-electron chi connectivity index (χ1n) is 10.2. The maximum Gasteiger partial charge on any atom is 0.252 e. The van der Waals surface area contributed by atoms with Gasteiger partial charge in [-0.05, 0) is 57.0 Å². The van der Waals surface area contributed by atoms with Gasteiger partial charge < -0.3 is 9.72 Å². The van der Waals surface area contributed by atoms with Crippen molar-refractivity contribution < 1.29 is 4.79 Å². The Balaban J connectivity index is 1.52. The van der Waals surface area contributed by atoms with Gasteiger partial charge in [-0.3, -0.25) is 9.69 Å². The summed E-state index contributed by atoms with van der Waals surface area (Å²) in [5, 5.41) is 3.17. The molecule has 28 heavy (non-hydrogen) atoms. The fraction of sp³-hybridized carbons (Fsp3) is 0.391. The molecule has 1 N–H and O–H groups in total. The van der Waals surface area contributed by atoms with E-state index in [9.17, 15) is 4.79 Å². The van der Waals surface area contributed by atoms with Gasteiger partial charge in [-0.1, -0.05) is 37.3 Å². The molecule has 1 aromatic carbocycles. The van der Waals surface area contributed by atoms with Crippen molar-refractivity contribution in [2.24, 2.45) is 0 Å². The van der Waals surface area contributed by atoms with Crippen LogP contribution in [0.3, 0.4) is 0 Å².